The number of hydrogen-bond acceptors (Lipinski definition) is 5. The van der Waals surface area contributed by atoms with Crippen LogP contribution in [-0.4, -0.2) is 28.5 Å². The second-order valence-electron chi connectivity index (χ2n) is 7.55. The van der Waals surface area contributed by atoms with Gasteiger partial charge in [0.2, 0.25) is 5.91 Å². The molecule has 0 bridgehead atoms. The summed E-state index contributed by atoms with van der Waals surface area (Å²) in [7, 11) is 0. The van der Waals surface area contributed by atoms with Gasteiger partial charge in [-0.15, -0.1) is 0 Å². The molecule has 3 aromatic rings. The number of rotatable bonds is 7. The molecule has 1 aliphatic rings. The van der Waals surface area contributed by atoms with E-state index in [1.54, 1.807) is 54.6 Å². The SMILES string of the molecule is O=C(CN1C(=O)S/C(=C\c2ccc(OCc3ccc(F)cc3)c(Br)c2)C1=O)Nc1ccc(Br)c(Cl)c1. The van der Waals surface area contributed by atoms with Gasteiger partial charge in [-0.25, -0.2) is 4.39 Å². The second kappa shape index (κ2) is 11.6. The summed E-state index contributed by atoms with van der Waals surface area (Å²) in [5.74, 6) is -0.831. The molecule has 1 fully saturated rings. The molecular formula is C25H16Br2ClFN2O4S. The molecule has 36 heavy (non-hydrogen) atoms. The number of thioether (sulfide) groups is 1. The Morgan fingerprint density at radius 1 is 1.06 bits per heavy atom. The van der Waals surface area contributed by atoms with Crippen molar-refractivity contribution >= 4 is 84.0 Å². The second-order valence-corrected chi connectivity index (χ2v) is 10.7. The Balaban J connectivity index is 1.39. The highest BCUT2D eigenvalue weighted by atomic mass is 79.9. The predicted octanol–water partition coefficient (Wildman–Crippen LogP) is 7.26. The van der Waals surface area contributed by atoms with Crippen molar-refractivity contribution in [3.05, 3.63) is 96.5 Å². The molecule has 1 saturated heterocycles. The van der Waals surface area contributed by atoms with Gasteiger partial charge in [0.15, 0.2) is 0 Å². The number of benzene rings is 3. The monoisotopic (exact) mass is 652 g/mol. The first-order valence-electron chi connectivity index (χ1n) is 10.4. The highest BCUT2D eigenvalue weighted by Gasteiger charge is 2.36. The number of carbonyl (C=O) groups excluding carboxylic acids is 3. The van der Waals surface area contributed by atoms with E-state index in [2.05, 4.69) is 37.2 Å². The number of anilines is 1. The summed E-state index contributed by atoms with van der Waals surface area (Å²) >= 11 is 13.5. The fourth-order valence-electron chi connectivity index (χ4n) is 3.17. The van der Waals surface area contributed by atoms with E-state index < -0.39 is 23.6 Å². The molecule has 1 heterocycles. The maximum Gasteiger partial charge on any atom is 0.294 e. The lowest BCUT2D eigenvalue weighted by Crippen LogP contribution is -2.36. The van der Waals surface area contributed by atoms with Crippen LogP contribution in [0.5, 0.6) is 5.75 Å². The molecule has 184 valence electrons. The number of nitrogens with one attached hydrogen (secondary N) is 1. The lowest BCUT2D eigenvalue weighted by molar-refractivity contribution is -0.127. The van der Waals surface area contributed by atoms with E-state index in [0.29, 0.717) is 31.0 Å². The molecule has 6 nitrogen and oxygen atoms in total. The number of halogens is 4. The maximum absolute atomic E-state index is 13.0. The van der Waals surface area contributed by atoms with E-state index in [9.17, 15) is 18.8 Å². The largest absolute Gasteiger partial charge is 0.488 e. The van der Waals surface area contributed by atoms with Gasteiger partial charge in [0.1, 0.15) is 24.7 Å². The minimum Gasteiger partial charge on any atom is -0.488 e. The molecule has 1 aliphatic heterocycles. The molecular weight excluding hydrogens is 639 g/mol. The summed E-state index contributed by atoms with van der Waals surface area (Å²) in [6.07, 6.45) is 1.58. The summed E-state index contributed by atoms with van der Waals surface area (Å²) < 4.78 is 20.1. The Hall–Kier alpha value is -2.66. The van der Waals surface area contributed by atoms with Gasteiger partial charge in [0.25, 0.3) is 11.1 Å². The lowest BCUT2D eigenvalue weighted by atomic mass is 10.2. The molecule has 0 atom stereocenters. The number of ether oxygens (including phenoxy) is 1. The van der Waals surface area contributed by atoms with Crippen molar-refractivity contribution in [2.45, 2.75) is 6.61 Å². The average Bonchev–Trinajstić information content (AvgIpc) is 3.09. The third kappa shape index (κ3) is 6.56. The van der Waals surface area contributed by atoms with Gasteiger partial charge in [-0.05, 0) is 103 Å². The fourth-order valence-corrected chi connectivity index (χ4v) is 4.95. The summed E-state index contributed by atoms with van der Waals surface area (Å²) in [5.41, 5.74) is 1.92. The fraction of sp³-hybridized carbons (Fsp3) is 0.0800. The quantitative estimate of drug-likeness (QED) is 0.272. The molecule has 0 radical (unpaired) electrons. The summed E-state index contributed by atoms with van der Waals surface area (Å²) in [4.78, 5) is 38.7. The molecule has 3 amide bonds. The van der Waals surface area contributed by atoms with E-state index >= 15 is 0 Å². The van der Waals surface area contributed by atoms with Crippen LogP contribution in [0.3, 0.4) is 0 Å². The van der Waals surface area contributed by atoms with Crippen LogP contribution in [0.4, 0.5) is 14.9 Å². The normalized spacial score (nSPS) is 14.4. The minimum absolute atomic E-state index is 0.200. The molecule has 3 aromatic carbocycles. The molecule has 0 spiro atoms. The highest BCUT2D eigenvalue weighted by molar-refractivity contribution is 9.10. The van der Waals surface area contributed by atoms with Crippen molar-refractivity contribution in [1.82, 2.24) is 4.90 Å². The summed E-state index contributed by atoms with van der Waals surface area (Å²) in [6, 6.07) is 16.1. The van der Waals surface area contributed by atoms with E-state index in [1.165, 1.54) is 12.1 Å². The molecule has 4 rings (SSSR count). The van der Waals surface area contributed by atoms with Crippen LogP contribution < -0.4 is 10.1 Å². The van der Waals surface area contributed by atoms with Gasteiger partial charge in [-0.2, -0.15) is 0 Å². The molecule has 0 unspecified atom stereocenters. The zero-order chi connectivity index (χ0) is 25.8. The Bertz CT molecular complexity index is 1380. The van der Waals surface area contributed by atoms with Crippen LogP contribution in [-0.2, 0) is 16.2 Å². The lowest BCUT2D eigenvalue weighted by Gasteiger charge is -2.12. The minimum atomic E-state index is -0.554. The number of hydrogen-bond donors (Lipinski definition) is 1. The standard InChI is InChI=1S/C25H16Br2ClFN2O4S/c26-18-7-6-17(11-20(18)28)30-23(32)12-31-24(33)22(36-25(31)34)10-15-3-8-21(19(27)9-15)35-13-14-1-4-16(29)5-2-14/h1-11H,12-13H2,(H,30,32)/b22-10-. The van der Waals surface area contributed by atoms with Gasteiger partial charge >= 0.3 is 0 Å². The molecule has 0 aromatic heterocycles. The van der Waals surface area contributed by atoms with E-state index in [-0.39, 0.29) is 17.3 Å². The van der Waals surface area contributed by atoms with Gasteiger partial charge in [0.05, 0.1) is 14.4 Å². The Morgan fingerprint density at radius 2 is 1.81 bits per heavy atom. The van der Waals surface area contributed by atoms with Crippen LogP contribution in [0.2, 0.25) is 5.02 Å². The summed E-state index contributed by atoms with van der Waals surface area (Å²) in [6.45, 7) is -0.165. The van der Waals surface area contributed by atoms with Crippen molar-refractivity contribution < 1.29 is 23.5 Å². The van der Waals surface area contributed by atoms with Crippen molar-refractivity contribution in [3.63, 3.8) is 0 Å². The van der Waals surface area contributed by atoms with Crippen LogP contribution in [0.1, 0.15) is 11.1 Å². The smallest absolute Gasteiger partial charge is 0.294 e. The van der Waals surface area contributed by atoms with E-state index in [0.717, 1.165) is 22.2 Å². The first-order valence-corrected chi connectivity index (χ1v) is 13.1. The maximum atomic E-state index is 13.0. The first kappa shape index (κ1) is 26.4. The topological polar surface area (TPSA) is 75.7 Å². The molecule has 11 heteroatoms. The third-order valence-electron chi connectivity index (χ3n) is 4.94. The van der Waals surface area contributed by atoms with Crippen LogP contribution >= 0.6 is 55.2 Å². The Labute approximate surface area is 232 Å². The van der Waals surface area contributed by atoms with Gasteiger partial charge < -0.3 is 10.1 Å². The van der Waals surface area contributed by atoms with Crippen molar-refractivity contribution in [3.8, 4) is 5.75 Å². The van der Waals surface area contributed by atoms with Gasteiger partial charge in [0, 0.05) is 10.2 Å². The van der Waals surface area contributed by atoms with E-state index in [4.69, 9.17) is 16.3 Å². The first-order chi connectivity index (χ1) is 17.2. The number of carbonyl (C=O) groups is 3. The van der Waals surface area contributed by atoms with Crippen LogP contribution in [0, 0.1) is 5.82 Å². The Morgan fingerprint density at radius 3 is 2.50 bits per heavy atom. The Kier molecular flexibility index (Phi) is 8.50. The van der Waals surface area contributed by atoms with E-state index in [1.807, 2.05) is 0 Å². The highest BCUT2D eigenvalue weighted by Crippen LogP contribution is 2.34. The number of imide groups is 1. The van der Waals surface area contributed by atoms with Gasteiger partial charge in [-0.3, -0.25) is 19.3 Å². The van der Waals surface area contributed by atoms with Crippen molar-refractivity contribution in [2.24, 2.45) is 0 Å². The predicted molar refractivity (Wildman–Crippen MR) is 145 cm³/mol. The average molecular weight is 655 g/mol. The number of nitrogens with zero attached hydrogens (tertiary/aromatic N) is 1. The number of amides is 3. The molecule has 0 aliphatic carbocycles. The van der Waals surface area contributed by atoms with Crippen LogP contribution in [0.25, 0.3) is 6.08 Å². The zero-order valence-electron chi connectivity index (χ0n) is 18.3. The van der Waals surface area contributed by atoms with Gasteiger partial charge in [-0.1, -0.05) is 29.8 Å². The molecule has 1 N–H and O–H groups in total. The van der Waals surface area contributed by atoms with Crippen LogP contribution in [0.15, 0.2) is 74.5 Å². The van der Waals surface area contributed by atoms with Crippen molar-refractivity contribution in [2.75, 3.05) is 11.9 Å². The molecule has 0 saturated carbocycles. The zero-order valence-corrected chi connectivity index (χ0v) is 23.0. The van der Waals surface area contributed by atoms with Crippen molar-refractivity contribution in [1.29, 1.82) is 0 Å². The summed E-state index contributed by atoms with van der Waals surface area (Å²) in [5, 5.41) is 2.51. The third-order valence-corrected chi connectivity index (χ3v) is 7.70.